The molecule has 0 aliphatic rings. The number of rotatable bonds is 4. The van der Waals surface area contributed by atoms with Gasteiger partial charge in [0.05, 0.1) is 14.2 Å². The van der Waals surface area contributed by atoms with Gasteiger partial charge in [-0.1, -0.05) is 7.43 Å². The van der Waals surface area contributed by atoms with E-state index in [0.717, 1.165) is 5.56 Å². The number of ether oxygens (including phenoxy) is 2. The molecule has 0 unspecified atom stereocenters. The Balaban J connectivity index is 0. The molecule has 0 spiro atoms. The third kappa shape index (κ3) is 5.74. The number of hydrogen-bond donors (Lipinski definition) is 0. The predicted octanol–water partition coefficient (Wildman–Crippen LogP) is 1.63. The summed E-state index contributed by atoms with van der Waals surface area (Å²) in [5.74, 6) is -2.07. The summed E-state index contributed by atoms with van der Waals surface area (Å²) in [6.45, 7) is 0. The van der Waals surface area contributed by atoms with Crippen LogP contribution in [0.25, 0.3) is 0 Å². The Hall–Kier alpha value is -0.736. The predicted molar refractivity (Wildman–Crippen MR) is 63.2 cm³/mol. The first-order chi connectivity index (χ1) is 7.69. The summed E-state index contributed by atoms with van der Waals surface area (Å²) in [7, 11) is 2.49. The summed E-state index contributed by atoms with van der Waals surface area (Å²) < 4.78 is 9.12. The summed E-state index contributed by atoms with van der Waals surface area (Å²) in [5.41, 5.74) is 0.861. The van der Waals surface area contributed by atoms with Gasteiger partial charge in [-0.05, 0) is 6.42 Å². The van der Waals surface area contributed by atoms with Crippen molar-refractivity contribution < 1.29 is 51.8 Å². The van der Waals surface area contributed by atoms with Crippen LogP contribution < -0.4 is 0 Å². The normalized spacial score (nSPS) is 8.83. The van der Waals surface area contributed by atoms with Gasteiger partial charge in [-0.15, -0.1) is 0 Å². The van der Waals surface area contributed by atoms with Gasteiger partial charge >= 0.3 is 11.9 Å². The van der Waals surface area contributed by atoms with E-state index in [1.807, 2.05) is 0 Å². The molecule has 18 heavy (non-hydrogen) atoms. The van der Waals surface area contributed by atoms with Gasteiger partial charge in [0.1, 0.15) is 0 Å². The van der Waals surface area contributed by atoms with Gasteiger partial charge in [0.15, 0.2) is 5.92 Å². The minimum Gasteiger partial charge on any atom is -0.468 e. The number of methoxy groups -OCH3 is 2. The van der Waals surface area contributed by atoms with Crippen LogP contribution in [0.5, 0.6) is 0 Å². The molecular formula is C13H17O4Y-. The van der Waals surface area contributed by atoms with Gasteiger partial charge in [-0.3, -0.25) is 9.59 Å². The largest absolute Gasteiger partial charge is 0.468 e. The van der Waals surface area contributed by atoms with Crippen LogP contribution in [0.2, 0.25) is 0 Å². The fraction of sp³-hybridized carbons (Fsp3) is 0.385. The van der Waals surface area contributed by atoms with E-state index in [-0.39, 0.29) is 46.6 Å². The molecule has 4 nitrogen and oxygen atoms in total. The van der Waals surface area contributed by atoms with Crippen molar-refractivity contribution in [3.05, 3.63) is 35.9 Å². The summed E-state index contributed by atoms with van der Waals surface area (Å²) in [6, 6.07) is 9.89. The topological polar surface area (TPSA) is 52.6 Å². The molecule has 97 valence electrons. The second-order valence-electron chi connectivity index (χ2n) is 3.21. The minimum atomic E-state index is -0.905. The number of carbonyl (C=O) groups is 2. The SMILES string of the molecule is C.COC(=O)C(Cc1cc[c-]cc1)C(=O)OC.[Y]. The van der Waals surface area contributed by atoms with Gasteiger partial charge in [0, 0.05) is 32.7 Å². The Morgan fingerprint density at radius 1 is 1.17 bits per heavy atom. The van der Waals surface area contributed by atoms with Gasteiger partial charge in [-0.2, -0.15) is 35.9 Å². The van der Waals surface area contributed by atoms with Crippen LogP contribution in [-0.4, -0.2) is 26.2 Å². The Kier molecular flexibility index (Phi) is 11.1. The van der Waals surface area contributed by atoms with Crippen molar-refractivity contribution in [2.24, 2.45) is 5.92 Å². The molecule has 0 amide bonds. The molecule has 0 atom stereocenters. The van der Waals surface area contributed by atoms with E-state index in [1.165, 1.54) is 14.2 Å². The Morgan fingerprint density at radius 3 is 2.00 bits per heavy atom. The second kappa shape index (κ2) is 10.2. The van der Waals surface area contributed by atoms with Crippen molar-refractivity contribution in [2.45, 2.75) is 13.8 Å². The quantitative estimate of drug-likeness (QED) is 0.479. The fourth-order valence-corrected chi connectivity index (χ4v) is 1.34. The van der Waals surface area contributed by atoms with Crippen LogP contribution in [0.1, 0.15) is 13.0 Å². The third-order valence-corrected chi connectivity index (χ3v) is 2.20. The van der Waals surface area contributed by atoms with E-state index < -0.39 is 17.9 Å². The van der Waals surface area contributed by atoms with Gasteiger partial charge in [0.2, 0.25) is 0 Å². The summed E-state index contributed by atoms with van der Waals surface area (Å²) in [4.78, 5) is 22.8. The maximum atomic E-state index is 11.4. The number of hydrogen-bond acceptors (Lipinski definition) is 4. The molecule has 0 heterocycles. The van der Waals surface area contributed by atoms with E-state index in [1.54, 1.807) is 24.3 Å². The van der Waals surface area contributed by atoms with E-state index >= 15 is 0 Å². The molecular weight excluding hydrogens is 309 g/mol. The fourth-order valence-electron chi connectivity index (χ4n) is 1.34. The Morgan fingerprint density at radius 2 is 1.61 bits per heavy atom. The smallest absolute Gasteiger partial charge is 0.320 e. The first-order valence-electron chi connectivity index (χ1n) is 4.79. The number of carbonyl (C=O) groups excluding carboxylic acids is 2. The second-order valence-corrected chi connectivity index (χ2v) is 3.21. The van der Waals surface area contributed by atoms with Crippen LogP contribution in [0, 0.1) is 12.0 Å². The van der Waals surface area contributed by atoms with Crippen molar-refractivity contribution in [2.75, 3.05) is 14.2 Å². The van der Waals surface area contributed by atoms with E-state index in [2.05, 4.69) is 15.5 Å². The minimum absolute atomic E-state index is 0. The van der Waals surface area contributed by atoms with Gasteiger partial charge in [0.25, 0.3) is 0 Å². The van der Waals surface area contributed by atoms with Crippen molar-refractivity contribution in [3.63, 3.8) is 0 Å². The summed E-state index contributed by atoms with van der Waals surface area (Å²) in [6.07, 6.45) is 0.272. The summed E-state index contributed by atoms with van der Waals surface area (Å²) >= 11 is 0. The average Bonchev–Trinajstić information content (AvgIpc) is 2.35. The molecule has 0 saturated carbocycles. The molecule has 0 bridgehead atoms. The molecule has 0 aromatic heterocycles. The zero-order valence-electron chi connectivity index (χ0n) is 9.80. The van der Waals surface area contributed by atoms with E-state index in [9.17, 15) is 9.59 Å². The first-order valence-corrected chi connectivity index (χ1v) is 4.79. The maximum Gasteiger partial charge on any atom is 0.320 e. The van der Waals surface area contributed by atoms with Crippen LogP contribution in [-0.2, 0) is 58.2 Å². The number of esters is 2. The van der Waals surface area contributed by atoms with Crippen LogP contribution in [0.3, 0.4) is 0 Å². The average molecular weight is 326 g/mol. The molecule has 0 fully saturated rings. The molecule has 0 aliphatic carbocycles. The van der Waals surface area contributed by atoms with E-state index in [4.69, 9.17) is 0 Å². The van der Waals surface area contributed by atoms with E-state index in [0.29, 0.717) is 0 Å². The molecule has 0 saturated heterocycles. The van der Waals surface area contributed by atoms with Gasteiger partial charge in [-0.25, -0.2) is 0 Å². The third-order valence-electron chi connectivity index (χ3n) is 2.20. The zero-order valence-corrected chi connectivity index (χ0v) is 12.6. The molecule has 1 aromatic carbocycles. The number of benzene rings is 1. The Bertz CT molecular complexity index is 349. The van der Waals surface area contributed by atoms with Gasteiger partial charge < -0.3 is 9.47 Å². The Labute approximate surface area is 133 Å². The van der Waals surface area contributed by atoms with Crippen molar-refractivity contribution in [3.8, 4) is 0 Å². The van der Waals surface area contributed by atoms with Crippen molar-refractivity contribution in [1.29, 1.82) is 0 Å². The standard InChI is InChI=1S/C12H13O4.CH4.Y/c1-15-11(13)10(12(14)16-2)8-9-6-4-3-5-7-9;;/h4-7,10H,8H2,1-2H3;1H4;/q-1;;. The summed E-state index contributed by atoms with van der Waals surface area (Å²) in [5, 5.41) is 0. The monoisotopic (exact) mass is 326 g/mol. The molecule has 5 heteroatoms. The molecule has 1 rings (SSSR count). The van der Waals surface area contributed by atoms with Crippen LogP contribution in [0.15, 0.2) is 24.3 Å². The first kappa shape index (κ1) is 19.6. The maximum absolute atomic E-state index is 11.4. The van der Waals surface area contributed by atoms with Crippen molar-refractivity contribution >= 4 is 11.9 Å². The van der Waals surface area contributed by atoms with Crippen molar-refractivity contribution in [1.82, 2.24) is 0 Å². The molecule has 0 N–H and O–H groups in total. The molecule has 0 aliphatic heterocycles. The van der Waals surface area contributed by atoms with Crippen LogP contribution >= 0.6 is 0 Å². The zero-order chi connectivity index (χ0) is 12.0. The van der Waals surface area contributed by atoms with Crippen LogP contribution in [0.4, 0.5) is 0 Å². The molecule has 1 radical (unpaired) electrons. The molecule has 1 aromatic rings.